The van der Waals surface area contributed by atoms with Gasteiger partial charge in [0, 0.05) is 87.5 Å². The summed E-state index contributed by atoms with van der Waals surface area (Å²) in [7, 11) is 10.6. The van der Waals surface area contributed by atoms with Gasteiger partial charge >= 0.3 is 0 Å². The van der Waals surface area contributed by atoms with Crippen molar-refractivity contribution < 1.29 is 22.8 Å². The molecular weight excluding hydrogens is 1480 g/mol. The van der Waals surface area contributed by atoms with Crippen LogP contribution in [0.2, 0.25) is 0 Å². The number of rotatable bonds is 5. The Kier molecular flexibility index (Phi) is 18.2. The molecule has 0 aliphatic heterocycles. The van der Waals surface area contributed by atoms with Gasteiger partial charge in [0.05, 0.1) is 11.1 Å². The molecule has 5 nitrogen and oxygen atoms in total. The van der Waals surface area contributed by atoms with Crippen molar-refractivity contribution in [2.24, 2.45) is 35.2 Å². The highest BCUT2D eigenvalue weighted by Gasteiger charge is 2.33. The Hall–Kier alpha value is -14.7. The average molecular weight is 1570 g/mol. The number of fused-ring (bicyclic) bond motifs is 15. The van der Waals surface area contributed by atoms with E-state index in [4.69, 9.17) is 0 Å². The molecular formula is C117H94N5+5. The number of hydrogen-bond donors (Lipinski definition) is 0. The largest absolute Gasteiger partial charge is 0.213 e. The fourth-order valence-corrected chi connectivity index (χ4v) is 20.8. The minimum absolute atomic E-state index is 1.25. The van der Waals surface area contributed by atoms with Crippen LogP contribution in [0.4, 0.5) is 0 Å². The Balaban J connectivity index is 0.0000000939. The fourth-order valence-electron chi connectivity index (χ4n) is 20.8. The first-order valence-electron chi connectivity index (χ1n) is 42.6. The molecule has 122 heavy (non-hydrogen) atoms. The molecule has 5 heteroatoms. The summed E-state index contributed by atoms with van der Waals surface area (Å²) in [6.07, 6.45) is 10.7. The van der Waals surface area contributed by atoms with Gasteiger partial charge < -0.3 is 0 Å². The third-order valence-electron chi connectivity index (χ3n) is 26.5. The van der Waals surface area contributed by atoms with E-state index in [1.54, 1.807) is 0 Å². The second-order valence-electron chi connectivity index (χ2n) is 34.0. The Morgan fingerprint density at radius 2 is 0.434 bits per heavy atom. The molecule has 5 aliphatic carbocycles. The van der Waals surface area contributed by atoms with Crippen LogP contribution in [0.3, 0.4) is 0 Å². The predicted octanol–water partition coefficient (Wildman–Crippen LogP) is 27.1. The van der Waals surface area contributed by atoms with Gasteiger partial charge in [-0.25, -0.2) is 22.8 Å². The van der Waals surface area contributed by atoms with Gasteiger partial charge in [-0.1, -0.05) is 212 Å². The lowest BCUT2D eigenvalue weighted by Crippen LogP contribution is -2.31. The predicted molar refractivity (Wildman–Crippen MR) is 508 cm³/mol. The minimum Gasteiger partial charge on any atom is -0.201 e. The van der Waals surface area contributed by atoms with Crippen molar-refractivity contribution in [3.63, 3.8) is 0 Å². The topological polar surface area (TPSA) is 19.4 Å². The summed E-state index contributed by atoms with van der Waals surface area (Å²) in [6, 6.07) is 118. The second-order valence-corrected chi connectivity index (χ2v) is 34.0. The Morgan fingerprint density at radius 3 is 0.795 bits per heavy atom. The van der Waals surface area contributed by atoms with E-state index >= 15 is 0 Å². The maximum atomic E-state index is 2.38. The molecule has 5 aromatic heterocycles. The van der Waals surface area contributed by atoms with Gasteiger partial charge in [0.15, 0.2) is 31.0 Å². The smallest absolute Gasteiger partial charge is 0.201 e. The maximum Gasteiger partial charge on any atom is 0.213 e. The van der Waals surface area contributed by atoms with Gasteiger partial charge in [-0.05, 0) is 291 Å². The van der Waals surface area contributed by atoms with E-state index in [0.29, 0.717) is 0 Å². The lowest BCUT2D eigenvalue weighted by molar-refractivity contribution is -0.660. The molecule has 0 saturated heterocycles. The van der Waals surface area contributed by atoms with Gasteiger partial charge in [-0.3, -0.25) is 0 Å². The standard InChI is InChI=1S/2C24H20N.3C23H18N/c1-15-10-13-21(25(3)14-15)22-16(2)11-12-19-18-8-4-6-17-7-5-9-20(23(17)18)24(19)22;1-15-10-11-23(25(3)14-15)20-13-22-19-9-5-7-17-6-4-8-18(24(17)19)21(22)12-16(20)2;1-15-17(21-11-3-4-14-24(21)2)12-13-19-18-9-5-7-16-8-6-10-20(22(15)19)23(16)18;1-15-12-13-18-17-9-5-7-16-8-6-10-19(22(16)17)23(18)21(15)20-11-3-4-14-24(20)2;1-15-13-20-17-9-5-7-16-8-6-10-18(23(16)17)21(20)14-19(15)22-11-3-4-12-24(22)2/h2*4-14H,1-3H3;3*3-14H,1-2H3/q5*+1. The third kappa shape index (κ3) is 12.1. The van der Waals surface area contributed by atoms with Crippen molar-refractivity contribution >= 4 is 53.9 Å². The van der Waals surface area contributed by atoms with Crippen molar-refractivity contribution in [2.75, 3.05) is 0 Å². The molecule has 15 aromatic carbocycles. The van der Waals surface area contributed by atoms with Crippen molar-refractivity contribution in [1.29, 1.82) is 0 Å². The number of aromatic nitrogens is 5. The average Bonchev–Trinajstić information content (AvgIpc) is 1.59. The number of aryl methyl sites for hydroxylation is 11. The highest BCUT2D eigenvalue weighted by Crippen LogP contribution is 2.56. The van der Waals surface area contributed by atoms with E-state index in [-0.39, 0.29) is 0 Å². The fraction of sp³-hybridized carbons (Fsp3) is 0.103. The number of benzene rings is 15. The van der Waals surface area contributed by atoms with Crippen molar-refractivity contribution in [1.82, 2.24) is 0 Å². The van der Waals surface area contributed by atoms with Gasteiger partial charge in [0.25, 0.3) is 0 Å². The molecule has 5 heterocycles. The zero-order chi connectivity index (χ0) is 83.0. The Bertz CT molecular complexity index is 7750. The zero-order valence-corrected chi connectivity index (χ0v) is 71.2. The molecule has 0 saturated carbocycles. The molecule has 25 rings (SSSR count). The van der Waals surface area contributed by atoms with Crippen molar-refractivity contribution in [3.05, 3.63) is 391 Å². The van der Waals surface area contributed by atoms with E-state index in [1.165, 1.54) is 260 Å². The molecule has 0 amide bonds. The Labute approximate surface area is 714 Å². The molecule has 0 unspecified atom stereocenters. The first kappa shape index (κ1) is 74.9. The first-order chi connectivity index (χ1) is 59.5. The molecule has 5 aliphatic rings. The quantitative estimate of drug-likeness (QED) is 0.153. The van der Waals surface area contributed by atoms with Gasteiger partial charge in [-0.2, -0.15) is 0 Å². The molecule has 582 valence electrons. The minimum atomic E-state index is 1.25. The van der Waals surface area contributed by atoms with Crippen LogP contribution in [0.25, 0.3) is 221 Å². The number of hydrogen-bond acceptors (Lipinski definition) is 0. The van der Waals surface area contributed by atoms with Crippen LogP contribution in [-0.4, -0.2) is 0 Å². The van der Waals surface area contributed by atoms with Crippen LogP contribution < -0.4 is 22.8 Å². The van der Waals surface area contributed by atoms with Crippen LogP contribution >= 0.6 is 0 Å². The SMILES string of the molecule is Cc1c(-c2cccc[n+]2C)ccc2c1-c1cccc3cccc-2c13.Cc1cc2c(cc1-c1cccc[n+]1C)-c1cccc3cccc-2c13.Cc1ccc(-c2c(C)ccc3c2-c2cccc4cccc-3c24)[n+](C)c1.Cc1ccc(-c2cc3c(cc2C)-c2cccc4cccc-3c24)[n+](C)c1.Cc1ccc2c(c1-c1cccc[n+]1C)-c1cccc3cccc-2c13. The van der Waals surface area contributed by atoms with Crippen molar-refractivity contribution in [2.45, 2.75) is 48.5 Å². The first-order valence-corrected chi connectivity index (χ1v) is 42.6. The molecule has 0 fully saturated rings. The van der Waals surface area contributed by atoms with Crippen LogP contribution in [0.5, 0.6) is 0 Å². The van der Waals surface area contributed by atoms with E-state index in [2.05, 4.69) is 459 Å². The van der Waals surface area contributed by atoms with Gasteiger partial charge in [0.1, 0.15) is 35.2 Å². The molecule has 0 atom stereocenters. The highest BCUT2D eigenvalue weighted by atomic mass is 14.9. The van der Waals surface area contributed by atoms with Gasteiger partial charge in [0.2, 0.25) is 28.5 Å². The summed E-state index contributed by atoms with van der Waals surface area (Å²) in [6.45, 7) is 15.4. The summed E-state index contributed by atoms with van der Waals surface area (Å²) in [4.78, 5) is 0. The van der Waals surface area contributed by atoms with E-state index < -0.39 is 0 Å². The van der Waals surface area contributed by atoms with Crippen molar-refractivity contribution in [3.8, 4) is 168 Å². The van der Waals surface area contributed by atoms with E-state index in [0.717, 1.165) is 0 Å². The summed E-state index contributed by atoms with van der Waals surface area (Å²) < 4.78 is 11.1. The lowest BCUT2D eigenvalue weighted by Gasteiger charge is -2.12. The zero-order valence-electron chi connectivity index (χ0n) is 71.2. The maximum absolute atomic E-state index is 2.38. The second kappa shape index (κ2) is 29.7. The number of nitrogens with zero attached hydrogens (tertiary/aromatic N) is 5. The number of pyridine rings is 5. The van der Waals surface area contributed by atoms with Crippen LogP contribution in [0.15, 0.2) is 353 Å². The van der Waals surface area contributed by atoms with Gasteiger partial charge in [-0.15, -0.1) is 0 Å². The van der Waals surface area contributed by atoms with Crippen LogP contribution in [-0.2, 0) is 35.2 Å². The van der Waals surface area contributed by atoms with Crippen LogP contribution in [0, 0.1) is 48.5 Å². The monoisotopic (exact) mass is 1570 g/mol. The van der Waals surface area contributed by atoms with Crippen LogP contribution in [0.1, 0.15) is 38.9 Å². The normalized spacial score (nSPS) is 11.8. The Morgan fingerprint density at radius 1 is 0.164 bits per heavy atom. The lowest BCUT2D eigenvalue weighted by atomic mass is 9.91. The molecule has 0 N–H and O–H groups in total. The summed E-state index contributed by atoms with van der Waals surface area (Å²) in [5, 5.41) is 13.6. The molecule has 0 radical (unpaired) electrons. The summed E-state index contributed by atoms with van der Waals surface area (Å²) >= 11 is 0. The third-order valence-corrected chi connectivity index (χ3v) is 26.5. The summed E-state index contributed by atoms with van der Waals surface area (Å²) in [5.41, 5.74) is 49.4. The molecule has 0 bridgehead atoms. The molecule has 0 spiro atoms. The van der Waals surface area contributed by atoms with E-state index in [1.807, 2.05) is 0 Å². The summed E-state index contributed by atoms with van der Waals surface area (Å²) in [5.74, 6) is 0. The van der Waals surface area contributed by atoms with E-state index in [9.17, 15) is 0 Å². The molecule has 20 aromatic rings. The highest BCUT2D eigenvalue weighted by molar-refractivity contribution is 6.22.